The molecule has 2 heterocycles. The second-order valence-electron chi connectivity index (χ2n) is 6.74. The molecule has 138 valence electrons. The summed E-state index contributed by atoms with van der Waals surface area (Å²) in [5, 5.41) is 8.38. The molecule has 1 N–H and O–H groups in total. The van der Waals surface area contributed by atoms with Crippen LogP contribution in [0.4, 0.5) is 5.69 Å². The normalized spacial score (nSPS) is 15.1. The van der Waals surface area contributed by atoms with Gasteiger partial charge in [-0.15, -0.1) is 0 Å². The van der Waals surface area contributed by atoms with E-state index in [9.17, 15) is 4.79 Å². The van der Waals surface area contributed by atoms with Crippen molar-refractivity contribution in [3.8, 4) is 0 Å². The predicted molar refractivity (Wildman–Crippen MR) is 107 cm³/mol. The van der Waals surface area contributed by atoms with E-state index in [4.69, 9.17) is 12.2 Å². The van der Waals surface area contributed by atoms with Crippen LogP contribution in [-0.2, 0) is 13.6 Å². The van der Waals surface area contributed by atoms with Crippen LogP contribution in [0.2, 0.25) is 0 Å². The first-order chi connectivity index (χ1) is 12.4. The molecule has 6 nitrogen and oxygen atoms in total. The number of aromatic nitrogens is 2. The summed E-state index contributed by atoms with van der Waals surface area (Å²) >= 11 is 5.56. The molecule has 1 aromatic carbocycles. The van der Waals surface area contributed by atoms with Crippen molar-refractivity contribution in [2.24, 2.45) is 7.05 Å². The van der Waals surface area contributed by atoms with Crippen LogP contribution in [0.1, 0.15) is 28.5 Å². The van der Waals surface area contributed by atoms with Gasteiger partial charge in [-0.05, 0) is 38.2 Å². The Labute approximate surface area is 159 Å². The van der Waals surface area contributed by atoms with Gasteiger partial charge in [0.05, 0.1) is 5.69 Å². The largest absolute Gasteiger partial charge is 0.346 e. The van der Waals surface area contributed by atoms with Gasteiger partial charge in [0.25, 0.3) is 0 Å². The smallest absolute Gasteiger partial charge is 0.173 e. The molecule has 1 saturated heterocycles. The highest BCUT2D eigenvalue weighted by molar-refractivity contribution is 7.80. The molecule has 1 aliphatic rings. The van der Waals surface area contributed by atoms with Gasteiger partial charge in [-0.2, -0.15) is 5.10 Å². The van der Waals surface area contributed by atoms with Crippen LogP contribution in [-0.4, -0.2) is 56.7 Å². The Kier molecular flexibility index (Phi) is 5.68. The fraction of sp³-hybridized carbons (Fsp3) is 0.421. The molecule has 0 unspecified atom stereocenters. The molecule has 0 amide bonds. The minimum absolute atomic E-state index is 0.0545. The minimum atomic E-state index is 0.0545. The molecule has 0 bridgehead atoms. The zero-order chi connectivity index (χ0) is 18.7. The highest BCUT2D eigenvalue weighted by Gasteiger charge is 2.20. The summed E-state index contributed by atoms with van der Waals surface area (Å²) in [6.45, 7) is 8.25. The van der Waals surface area contributed by atoms with Crippen molar-refractivity contribution in [3.63, 3.8) is 0 Å². The molecule has 0 radical (unpaired) electrons. The Morgan fingerprint density at radius 1 is 1.27 bits per heavy atom. The topological polar surface area (TPSA) is 53.4 Å². The standard InChI is InChI=1S/C19H25N5OS/c1-14-17(12-22(3)21-14)13-23-7-9-24(10-8-23)19(26)20-18-6-4-5-16(11-18)15(2)25/h4-6,11-12H,7-10,13H2,1-3H3,(H,20,26). The molecule has 0 spiro atoms. The maximum Gasteiger partial charge on any atom is 0.173 e. The van der Waals surface area contributed by atoms with Crippen molar-refractivity contribution in [2.75, 3.05) is 31.5 Å². The van der Waals surface area contributed by atoms with Crippen LogP contribution in [0.5, 0.6) is 0 Å². The second kappa shape index (κ2) is 7.97. The van der Waals surface area contributed by atoms with Crippen LogP contribution in [0, 0.1) is 6.92 Å². The lowest BCUT2D eigenvalue weighted by atomic mass is 10.1. The molecular weight excluding hydrogens is 346 g/mol. The first-order valence-electron chi connectivity index (χ1n) is 8.81. The number of aryl methyl sites for hydroxylation is 2. The third kappa shape index (κ3) is 4.47. The lowest BCUT2D eigenvalue weighted by Crippen LogP contribution is -2.49. The number of nitrogens with one attached hydrogen (secondary N) is 1. The number of piperazine rings is 1. The van der Waals surface area contributed by atoms with E-state index >= 15 is 0 Å². The molecule has 7 heteroatoms. The number of carbonyl (C=O) groups excluding carboxylic acids is 1. The Balaban J connectivity index is 1.53. The van der Waals surface area contributed by atoms with Gasteiger partial charge in [-0.1, -0.05) is 12.1 Å². The number of benzene rings is 1. The van der Waals surface area contributed by atoms with Gasteiger partial charge >= 0.3 is 0 Å². The third-order valence-corrected chi connectivity index (χ3v) is 5.05. The van der Waals surface area contributed by atoms with Crippen molar-refractivity contribution in [3.05, 3.63) is 47.3 Å². The Morgan fingerprint density at radius 2 is 2.00 bits per heavy atom. The molecule has 0 saturated carbocycles. The number of anilines is 1. The number of Topliss-reactive ketones (excluding diaryl/α,β-unsaturated/α-hetero) is 1. The van der Waals surface area contributed by atoms with Gasteiger partial charge in [0.1, 0.15) is 0 Å². The number of thiocarbonyl (C=S) groups is 1. The van der Waals surface area contributed by atoms with E-state index in [1.54, 1.807) is 6.92 Å². The maximum atomic E-state index is 11.5. The number of ketones is 1. The van der Waals surface area contributed by atoms with E-state index in [0.29, 0.717) is 10.7 Å². The Bertz CT molecular complexity index is 808. The molecule has 1 fully saturated rings. The molecule has 3 rings (SSSR count). The summed E-state index contributed by atoms with van der Waals surface area (Å²) < 4.78 is 1.87. The average Bonchev–Trinajstić information content (AvgIpc) is 2.93. The minimum Gasteiger partial charge on any atom is -0.346 e. The SMILES string of the molecule is CC(=O)c1cccc(NC(=S)N2CCN(Cc3cn(C)nc3C)CC2)c1. The van der Waals surface area contributed by atoms with E-state index in [1.165, 1.54) is 5.56 Å². The number of hydrogen-bond acceptors (Lipinski definition) is 4. The summed E-state index contributed by atoms with van der Waals surface area (Å²) in [5.74, 6) is 0.0545. The summed E-state index contributed by atoms with van der Waals surface area (Å²) in [6, 6.07) is 7.46. The number of carbonyl (C=O) groups is 1. The highest BCUT2D eigenvalue weighted by Crippen LogP contribution is 2.15. The zero-order valence-corrected chi connectivity index (χ0v) is 16.3. The quantitative estimate of drug-likeness (QED) is 0.658. The van der Waals surface area contributed by atoms with Crippen LogP contribution >= 0.6 is 12.2 Å². The predicted octanol–water partition coefficient (Wildman–Crippen LogP) is 2.45. The van der Waals surface area contributed by atoms with E-state index in [1.807, 2.05) is 36.0 Å². The van der Waals surface area contributed by atoms with Gasteiger partial charge in [-0.25, -0.2) is 0 Å². The van der Waals surface area contributed by atoms with Crippen molar-refractivity contribution >= 4 is 28.8 Å². The zero-order valence-electron chi connectivity index (χ0n) is 15.5. The van der Waals surface area contributed by atoms with E-state index < -0.39 is 0 Å². The molecule has 1 aromatic heterocycles. The number of rotatable bonds is 4. The number of hydrogen-bond donors (Lipinski definition) is 1. The highest BCUT2D eigenvalue weighted by atomic mass is 32.1. The van der Waals surface area contributed by atoms with Gasteiger partial charge in [0, 0.05) is 62.8 Å². The van der Waals surface area contributed by atoms with Crippen LogP contribution in [0.3, 0.4) is 0 Å². The van der Waals surface area contributed by atoms with Gasteiger partial charge in [0.2, 0.25) is 0 Å². The van der Waals surface area contributed by atoms with Crippen molar-refractivity contribution < 1.29 is 4.79 Å². The number of nitrogens with zero attached hydrogens (tertiary/aromatic N) is 4. The summed E-state index contributed by atoms with van der Waals surface area (Å²) in [6.07, 6.45) is 2.09. The third-order valence-electron chi connectivity index (χ3n) is 4.69. The average molecular weight is 372 g/mol. The van der Waals surface area contributed by atoms with Crippen molar-refractivity contribution in [1.29, 1.82) is 0 Å². The second-order valence-corrected chi connectivity index (χ2v) is 7.13. The first kappa shape index (κ1) is 18.5. The van der Waals surface area contributed by atoms with Crippen LogP contribution in [0.15, 0.2) is 30.5 Å². The van der Waals surface area contributed by atoms with Crippen LogP contribution in [0.25, 0.3) is 0 Å². The lowest BCUT2D eigenvalue weighted by Gasteiger charge is -2.36. The Hall–Kier alpha value is -2.25. The summed E-state index contributed by atoms with van der Waals surface area (Å²) in [7, 11) is 1.96. The fourth-order valence-corrected chi connectivity index (χ4v) is 3.47. The monoisotopic (exact) mass is 371 g/mol. The Morgan fingerprint density at radius 3 is 2.62 bits per heavy atom. The molecular formula is C19H25N5OS. The van der Waals surface area contributed by atoms with E-state index in [0.717, 1.165) is 44.1 Å². The molecule has 1 aliphatic heterocycles. The van der Waals surface area contributed by atoms with Gasteiger partial charge in [-0.3, -0.25) is 14.4 Å². The van der Waals surface area contributed by atoms with E-state index in [-0.39, 0.29) is 5.78 Å². The molecule has 2 aromatic rings. The maximum absolute atomic E-state index is 11.5. The van der Waals surface area contributed by atoms with Crippen molar-refractivity contribution in [1.82, 2.24) is 19.6 Å². The first-order valence-corrected chi connectivity index (χ1v) is 9.21. The lowest BCUT2D eigenvalue weighted by molar-refractivity contribution is 0.101. The van der Waals surface area contributed by atoms with E-state index in [2.05, 4.69) is 33.3 Å². The van der Waals surface area contributed by atoms with Crippen molar-refractivity contribution in [2.45, 2.75) is 20.4 Å². The summed E-state index contributed by atoms with van der Waals surface area (Å²) in [5.41, 5.74) is 3.92. The fourth-order valence-electron chi connectivity index (χ4n) is 3.17. The molecule has 26 heavy (non-hydrogen) atoms. The van der Waals surface area contributed by atoms with Crippen LogP contribution < -0.4 is 5.32 Å². The van der Waals surface area contributed by atoms with Gasteiger partial charge < -0.3 is 10.2 Å². The molecule has 0 atom stereocenters. The molecule has 0 aliphatic carbocycles. The summed E-state index contributed by atoms with van der Waals surface area (Å²) in [4.78, 5) is 16.1. The van der Waals surface area contributed by atoms with Gasteiger partial charge in [0.15, 0.2) is 10.9 Å².